The highest BCUT2D eigenvalue weighted by molar-refractivity contribution is 7.91. The molecule has 0 aliphatic carbocycles. The molecular formula is C13H19N5O6S. The molecule has 0 spiro atoms. The molecule has 3 rings (SSSR count). The standard InChI is InChI=1S/C13H19N5O6S/c1-2-25(22,23)4-3-6-8(19)9(20)12(24-6)18-5-15-7-10(18)16-13(14)17-11(7)21/h5-6,8-9,12,19-20H,2-4H2,1H3,(H3,14,16,17,21)/t6-,8?,9+,12-/m1/s1. The summed E-state index contributed by atoms with van der Waals surface area (Å²) in [5.41, 5.74) is 5.09. The number of nitrogens with zero attached hydrogens (tertiary/aromatic N) is 3. The molecular weight excluding hydrogens is 354 g/mol. The molecule has 0 radical (unpaired) electrons. The first-order valence-corrected chi connectivity index (χ1v) is 9.50. The zero-order valence-electron chi connectivity index (χ0n) is 13.4. The maximum absolute atomic E-state index is 11.8. The summed E-state index contributed by atoms with van der Waals surface area (Å²) in [4.78, 5) is 22.0. The topological polar surface area (TPSA) is 173 Å². The number of ether oxygens (including phenoxy) is 1. The average molecular weight is 373 g/mol. The van der Waals surface area contributed by atoms with Crippen molar-refractivity contribution in [3.63, 3.8) is 0 Å². The summed E-state index contributed by atoms with van der Waals surface area (Å²) in [5, 5.41) is 20.4. The summed E-state index contributed by atoms with van der Waals surface area (Å²) in [5.74, 6) is -0.307. The van der Waals surface area contributed by atoms with Gasteiger partial charge in [0.1, 0.15) is 22.0 Å². The Morgan fingerprint density at radius 1 is 1.40 bits per heavy atom. The number of anilines is 1. The lowest BCUT2D eigenvalue weighted by atomic mass is 10.1. The normalized spacial score (nSPS) is 27.2. The highest BCUT2D eigenvalue weighted by Crippen LogP contribution is 2.32. The molecule has 1 fully saturated rings. The molecule has 3 heterocycles. The van der Waals surface area contributed by atoms with E-state index in [0.717, 1.165) is 0 Å². The van der Waals surface area contributed by atoms with Gasteiger partial charge in [-0.1, -0.05) is 6.92 Å². The average Bonchev–Trinajstić information content (AvgIpc) is 3.08. The summed E-state index contributed by atoms with van der Waals surface area (Å²) < 4.78 is 30.2. The van der Waals surface area contributed by atoms with Crippen molar-refractivity contribution in [2.45, 2.75) is 37.9 Å². The Bertz CT molecular complexity index is 938. The van der Waals surface area contributed by atoms with Crippen LogP contribution in [0, 0.1) is 0 Å². The van der Waals surface area contributed by atoms with Crippen molar-refractivity contribution < 1.29 is 23.4 Å². The molecule has 1 unspecified atom stereocenters. The minimum atomic E-state index is -3.23. The minimum absolute atomic E-state index is 0.0106. The van der Waals surface area contributed by atoms with Crippen molar-refractivity contribution in [2.24, 2.45) is 0 Å². The summed E-state index contributed by atoms with van der Waals surface area (Å²) >= 11 is 0. The molecule has 0 bridgehead atoms. The maximum atomic E-state index is 11.8. The molecule has 1 saturated heterocycles. The largest absolute Gasteiger partial charge is 0.388 e. The van der Waals surface area contributed by atoms with E-state index in [0.29, 0.717) is 0 Å². The van der Waals surface area contributed by atoms with Gasteiger partial charge in [-0.2, -0.15) is 4.98 Å². The van der Waals surface area contributed by atoms with E-state index in [-0.39, 0.29) is 35.0 Å². The third-order valence-corrected chi connectivity index (χ3v) is 5.95. The molecule has 11 nitrogen and oxygen atoms in total. The molecule has 5 N–H and O–H groups in total. The smallest absolute Gasteiger partial charge is 0.280 e. The molecule has 1 aliphatic heterocycles. The van der Waals surface area contributed by atoms with Crippen LogP contribution in [0.15, 0.2) is 11.1 Å². The van der Waals surface area contributed by atoms with Gasteiger partial charge >= 0.3 is 0 Å². The fraction of sp³-hybridized carbons (Fsp3) is 0.615. The van der Waals surface area contributed by atoms with Crippen LogP contribution in [-0.2, 0) is 14.6 Å². The van der Waals surface area contributed by atoms with Crippen LogP contribution in [-0.4, -0.2) is 68.0 Å². The fourth-order valence-corrected chi connectivity index (χ4v) is 3.65. The van der Waals surface area contributed by atoms with E-state index < -0.39 is 39.9 Å². The van der Waals surface area contributed by atoms with Crippen LogP contribution in [0.3, 0.4) is 0 Å². The highest BCUT2D eigenvalue weighted by atomic mass is 32.2. The van der Waals surface area contributed by atoms with Gasteiger partial charge in [-0.15, -0.1) is 0 Å². The third kappa shape index (κ3) is 3.25. The monoisotopic (exact) mass is 373 g/mol. The quantitative estimate of drug-likeness (QED) is 0.469. The molecule has 0 saturated carbocycles. The second kappa shape index (κ2) is 6.37. The number of aliphatic hydroxyl groups excluding tert-OH is 2. The molecule has 12 heteroatoms. The summed E-state index contributed by atoms with van der Waals surface area (Å²) in [6.07, 6.45) is -3.28. The Balaban J connectivity index is 1.88. The van der Waals surface area contributed by atoms with Crippen LogP contribution >= 0.6 is 0 Å². The van der Waals surface area contributed by atoms with E-state index in [1.807, 2.05) is 0 Å². The lowest BCUT2D eigenvalue weighted by Gasteiger charge is -2.16. The van der Waals surface area contributed by atoms with Crippen LogP contribution in [0.4, 0.5) is 5.95 Å². The lowest BCUT2D eigenvalue weighted by molar-refractivity contribution is -0.0353. The van der Waals surface area contributed by atoms with Crippen molar-refractivity contribution >= 4 is 26.9 Å². The Morgan fingerprint density at radius 2 is 2.12 bits per heavy atom. The summed E-state index contributed by atoms with van der Waals surface area (Å²) in [6, 6.07) is 0. The molecule has 2 aromatic rings. The Hall–Kier alpha value is -2.02. The number of sulfone groups is 1. The highest BCUT2D eigenvalue weighted by Gasteiger charge is 2.44. The van der Waals surface area contributed by atoms with Gasteiger partial charge in [0.25, 0.3) is 5.56 Å². The van der Waals surface area contributed by atoms with Gasteiger partial charge in [0.05, 0.1) is 18.2 Å². The van der Waals surface area contributed by atoms with E-state index in [1.165, 1.54) is 17.8 Å². The van der Waals surface area contributed by atoms with Gasteiger partial charge in [0, 0.05) is 5.75 Å². The first-order valence-electron chi connectivity index (χ1n) is 7.68. The first-order chi connectivity index (χ1) is 11.7. The molecule has 0 aromatic carbocycles. The number of hydrogen-bond donors (Lipinski definition) is 4. The van der Waals surface area contributed by atoms with Crippen LogP contribution < -0.4 is 11.3 Å². The van der Waals surface area contributed by atoms with Crippen molar-refractivity contribution in [2.75, 3.05) is 17.2 Å². The van der Waals surface area contributed by atoms with Crippen LogP contribution in [0.1, 0.15) is 19.6 Å². The second-order valence-corrected chi connectivity index (χ2v) is 8.32. The van der Waals surface area contributed by atoms with Crippen molar-refractivity contribution in [3.8, 4) is 0 Å². The number of imidazole rings is 1. The SMILES string of the molecule is CCS(=O)(=O)CC[C@H]1O[C@@H](n2cnc3c(=O)[nH]c(N)nc32)[C@@H](O)C1O. The van der Waals surface area contributed by atoms with Gasteiger partial charge in [-0.25, -0.2) is 13.4 Å². The second-order valence-electron chi connectivity index (χ2n) is 5.85. The first kappa shape index (κ1) is 17.8. The summed E-state index contributed by atoms with van der Waals surface area (Å²) in [6.45, 7) is 1.53. The number of aliphatic hydroxyl groups is 2. The minimum Gasteiger partial charge on any atom is -0.388 e. The molecule has 0 amide bonds. The van der Waals surface area contributed by atoms with Crippen LogP contribution in [0.25, 0.3) is 11.2 Å². The van der Waals surface area contributed by atoms with Gasteiger partial charge < -0.3 is 20.7 Å². The number of nitrogens with two attached hydrogens (primary N) is 1. The zero-order valence-corrected chi connectivity index (χ0v) is 14.2. The molecule has 4 atom stereocenters. The molecule has 1 aliphatic rings. The zero-order chi connectivity index (χ0) is 18.4. The predicted octanol–water partition coefficient (Wildman–Crippen LogP) is -1.85. The Labute approximate surface area is 142 Å². The number of H-pyrrole nitrogens is 1. The van der Waals surface area contributed by atoms with Crippen molar-refractivity contribution in [1.29, 1.82) is 0 Å². The number of nitrogen functional groups attached to an aromatic ring is 1. The van der Waals surface area contributed by atoms with Crippen molar-refractivity contribution in [3.05, 3.63) is 16.7 Å². The number of hydrogen-bond acceptors (Lipinski definition) is 9. The molecule has 2 aromatic heterocycles. The number of rotatable bonds is 5. The van der Waals surface area contributed by atoms with E-state index in [2.05, 4.69) is 15.0 Å². The number of aromatic nitrogens is 4. The van der Waals surface area contributed by atoms with Gasteiger partial charge in [0.2, 0.25) is 5.95 Å². The number of aromatic amines is 1. The Kier molecular flexibility index (Phi) is 4.53. The summed E-state index contributed by atoms with van der Waals surface area (Å²) in [7, 11) is -3.23. The van der Waals surface area contributed by atoms with Crippen LogP contribution in [0.2, 0.25) is 0 Å². The van der Waals surface area contributed by atoms with E-state index >= 15 is 0 Å². The van der Waals surface area contributed by atoms with E-state index in [1.54, 1.807) is 0 Å². The molecule has 25 heavy (non-hydrogen) atoms. The maximum Gasteiger partial charge on any atom is 0.280 e. The number of fused-ring (bicyclic) bond motifs is 1. The van der Waals surface area contributed by atoms with Gasteiger partial charge in [-0.05, 0) is 6.42 Å². The Morgan fingerprint density at radius 3 is 2.80 bits per heavy atom. The lowest BCUT2D eigenvalue weighted by Crippen LogP contribution is -2.32. The van der Waals surface area contributed by atoms with Gasteiger partial charge in [-0.3, -0.25) is 14.3 Å². The van der Waals surface area contributed by atoms with E-state index in [4.69, 9.17) is 10.5 Å². The van der Waals surface area contributed by atoms with E-state index in [9.17, 15) is 23.4 Å². The molecule has 138 valence electrons. The van der Waals surface area contributed by atoms with Gasteiger partial charge in [0.15, 0.2) is 17.4 Å². The third-order valence-electron chi connectivity index (χ3n) is 4.22. The van der Waals surface area contributed by atoms with Crippen LogP contribution in [0.5, 0.6) is 0 Å². The number of nitrogens with one attached hydrogen (secondary N) is 1. The van der Waals surface area contributed by atoms with Crippen molar-refractivity contribution in [1.82, 2.24) is 19.5 Å². The fourth-order valence-electron chi connectivity index (χ4n) is 2.77. The predicted molar refractivity (Wildman–Crippen MR) is 87.4 cm³/mol.